The van der Waals surface area contributed by atoms with Crippen molar-refractivity contribution in [1.29, 1.82) is 0 Å². The number of amides is 2. The van der Waals surface area contributed by atoms with E-state index in [0.717, 1.165) is 5.39 Å². The van der Waals surface area contributed by atoms with E-state index in [4.69, 9.17) is 9.15 Å². The molecule has 1 heterocycles. The van der Waals surface area contributed by atoms with Crippen LogP contribution in [0.25, 0.3) is 11.0 Å². The molecule has 0 aliphatic heterocycles. The molecule has 25 heavy (non-hydrogen) atoms. The number of rotatable bonds is 5. The lowest BCUT2D eigenvalue weighted by molar-refractivity contribution is -0.116. The average Bonchev–Trinajstić information content (AvgIpc) is 3.05. The van der Waals surface area contributed by atoms with Gasteiger partial charge < -0.3 is 19.4 Å². The number of likely N-dealkylation sites (N-methyl/N-ethyl adjacent to an activating group) is 1. The summed E-state index contributed by atoms with van der Waals surface area (Å²) in [5.41, 5.74) is 1.28. The number of fused-ring (bicyclic) bond motifs is 1. The van der Waals surface area contributed by atoms with E-state index < -0.39 is 0 Å². The highest BCUT2D eigenvalue weighted by atomic mass is 16.5. The van der Waals surface area contributed by atoms with Crippen LogP contribution in [0, 0.1) is 0 Å². The molecule has 3 rings (SSSR count). The van der Waals surface area contributed by atoms with Gasteiger partial charge >= 0.3 is 0 Å². The van der Waals surface area contributed by atoms with Crippen molar-refractivity contribution in [2.24, 2.45) is 0 Å². The molecule has 1 aromatic heterocycles. The highest BCUT2D eigenvalue weighted by Crippen LogP contribution is 2.20. The summed E-state index contributed by atoms with van der Waals surface area (Å²) in [5, 5.41) is 3.59. The number of hydrogen-bond donors (Lipinski definition) is 1. The quantitative estimate of drug-likeness (QED) is 0.776. The van der Waals surface area contributed by atoms with Gasteiger partial charge in [0.05, 0.1) is 13.7 Å². The molecule has 2 aromatic carbocycles. The third kappa shape index (κ3) is 3.80. The number of carbonyl (C=O) groups is 2. The fourth-order valence-electron chi connectivity index (χ4n) is 2.44. The first-order valence-corrected chi connectivity index (χ1v) is 7.75. The third-order valence-electron chi connectivity index (χ3n) is 3.74. The molecule has 0 saturated carbocycles. The van der Waals surface area contributed by atoms with Gasteiger partial charge in [-0.1, -0.05) is 18.2 Å². The first kappa shape index (κ1) is 16.6. The fourth-order valence-corrected chi connectivity index (χ4v) is 2.44. The number of carbonyl (C=O) groups excluding carboxylic acids is 2. The van der Waals surface area contributed by atoms with Crippen LogP contribution >= 0.6 is 0 Å². The van der Waals surface area contributed by atoms with Gasteiger partial charge in [-0.15, -0.1) is 0 Å². The maximum absolute atomic E-state index is 12.4. The summed E-state index contributed by atoms with van der Waals surface area (Å²) < 4.78 is 10.6. The van der Waals surface area contributed by atoms with Gasteiger partial charge in [0.25, 0.3) is 5.91 Å². The molecule has 0 aliphatic rings. The summed E-state index contributed by atoms with van der Waals surface area (Å²) in [6.45, 7) is -0.0814. The average molecular weight is 338 g/mol. The number of nitrogens with one attached hydrogen (secondary N) is 1. The van der Waals surface area contributed by atoms with Crippen LogP contribution in [-0.4, -0.2) is 37.4 Å². The van der Waals surface area contributed by atoms with Gasteiger partial charge in [-0.05, 0) is 36.4 Å². The Kier molecular flexibility index (Phi) is 4.70. The molecule has 1 N–H and O–H groups in total. The Bertz CT molecular complexity index is 866. The number of ether oxygens (including phenoxy) is 1. The van der Waals surface area contributed by atoms with Crippen molar-refractivity contribution in [3.8, 4) is 5.75 Å². The van der Waals surface area contributed by atoms with Crippen LogP contribution in [0.3, 0.4) is 0 Å². The number of benzene rings is 2. The minimum absolute atomic E-state index is 0.0814. The molecule has 0 unspecified atom stereocenters. The van der Waals surface area contributed by atoms with Crippen LogP contribution in [0.5, 0.6) is 5.75 Å². The van der Waals surface area contributed by atoms with Gasteiger partial charge in [-0.25, -0.2) is 0 Å². The topological polar surface area (TPSA) is 71.8 Å². The largest absolute Gasteiger partial charge is 0.497 e. The number of furan rings is 1. The molecule has 128 valence electrons. The summed E-state index contributed by atoms with van der Waals surface area (Å²) in [6.07, 6.45) is 0. The van der Waals surface area contributed by atoms with Crippen LogP contribution in [0.15, 0.2) is 59.0 Å². The van der Waals surface area contributed by atoms with E-state index in [0.29, 0.717) is 17.0 Å². The third-order valence-corrected chi connectivity index (χ3v) is 3.74. The predicted octanol–water partition coefficient (Wildman–Crippen LogP) is 3.15. The van der Waals surface area contributed by atoms with E-state index in [2.05, 4.69) is 5.32 Å². The molecule has 0 spiro atoms. The Labute approximate surface area is 145 Å². The standard InChI is InChI=1S/C19H18N2O4/c1-21(12-18(22)20-14-7-9-15(24-2)10-8-14)19(23)17-11-13-5-3-4-6-16(13)25-17/h3-11H,12H2,1-2H3,(H,20,22). The molecular weight excluding hydrogens is 320 g/mol. The molecule has 0 aliphatic carbocycles. The van der Waals surface area contributed by atoms with Crippen molar-refractivity contribution >= 4 is 28.5 Å². The molecule has 0 radical (unpaired) electrons. The van der Waals surface area contributed by atoms with E-state index in [1.165, 1.54) is 4.90 Å². The summed E-state index contributed by atoms with van der Waals surface area (Å²) in [4.78, 5) is 25.9. The fraction of sp³-hybridized carbons (Fsp3) is 0.158. The SMILES string of the molecule is COc1ccc(NC(=O)CN(C)C(=O)c2cc3ccccc3o2)cc1. The molecule has 0 saturated heterocycles. The van der Waals surface area contributed by atoms with E-state index in [1.54, 1.807) is 50.6 Å². The molecular formula is C19H18N2O4. The minimum atomic E-state index is -0.346. The highest BCUT2D eigenvalue weighted by molar-refractivity contribution is 5.99. The van der Waals surface area contributed by atoms with Gasteiger partial charge in [0.2, 0.25) is 5.91 Å². The second-order valence-corrected chi connectivity index (χ2v) is 5.59. The Morgan fingerprint density at radius 2 is 1.84 bits per heavy atom. The van der Waals surface area contributed by atoms with Gasteiger partial charge in [0.1, 0.15) is 11.3 Å². The first-order valence-electron chi connectivity index (χ1n) is 7.75. The Hall–Kier alpha value is -3.28. The van der Waals surface area contributed by atoms with Crippen molar-refractivity contribution in [1.82, 2.24) is 4.90 Å². The normalized spacial score (nSPS) is 10.5. The number of methoxy groups -OCH3 is 1. The lowest BCUT2D eigenvalue weighted by Crippen LogP contribution is -2.34. The predicted molar refractivity (Wildman–Crippen MR) is 94.8 cm³/mol. The molecule has 3 aromatic rings. The zero-order valence-electron chi connectivity index (χ0n) is 14.0. The van der Waals surface area contributed by atoms with E-state index in [1.807, 2.05) is 18.2 Å². The second kappa shape index (κ2) is 7.09. The second-order valence-electron chi connectivity index (χ2n) is 5.59. The van der Waals surface area contributed by atoms with E-state index in [9.17, 15) is 9.59 Å². The number of anilines is 1. The zero-order chi connectivity index (χ0) is 17.8. The van der Waals surface area contributed by atoms with Crippen molar-refractivity contribution in [2.45, 2.75) is 0 Å². The maximum atomic E-state index is 12.4. The zero-order valence-corrected chi connectivity index (χ0v) is 14.0. The van der Waals surface area contributed by atoms with Gasteiger partial charge in [-0.3, -0.25) is 9.59 Å². The summed E-state index contributed by atoms with van der Waals surface area (Å²) in [5.74, 6) is 0.273. The van der Waals surface area contributed by atoms with Crippen molar-refractivity contribution in [2.75, 3.05) is 26.0 Å². The Morgan fingerprint density at radius 1 is 1.12 bits per heavy atom. The lowest BCUT2D eigenvalue weighted by atomic mass is 10.2. The minimum Gasteiger partial charge on any atom is -0.497 e. The molecule has 6 heteroatoms. The molecule has 0 fully saturated rings. The van der Waals surface area contributed by atoms with Crippen LogP contribution in [0.2, 0.25) is 0 Å². The van der Waals surface area contributed by atoms with Gasteiger partial charge in [0, 0.05) is 18.1 Å². The number of para-hydroxylation sites is 1. The molecule has 2 amide bonds. The molecule has 6 nitrogen and oxygen atoms in total. The van der Waals surface area contributed by atoms with E-state index >= 15 is 0 Å². The van der Waals surface area contributed by atoms with Gasteiger partial charge in [-0.2, -0.15) is 0 Å². The highest BCUT2D eigenvalue weighted by Gasteiger charge is 2.19. The van der Waals surface area contributed by atoms with Crippen molar-refractivity contribution in [3.63, 3.8) is 0 Å². The van der Waals surface area contributed by atoms with Crippen LogP contribution < -0.4 is 10.1 Å². The number of nitrogens with zero attached hydrogens (tertiary/aromatic N) is 1. The van der Waals surface area contributed by atoms with Crippen LogP contribution in [0.4, 0.5) is 5.69 Å². The Morgan fingerprint density at radius 3 is 2.52 bits per heavy atom. The number of hydrogen-bond acceptors (Lipinski definition) is 4. The lowest BCUT2D eigenvalue weighted by Gasteiger charge is -2.15. The maximum Gasteiger partial charge on any atom is 0.289 e. The van der Waals surface area contributed by atoms with Crippen LogP contribution in [0.1, 0.15) is 10.6 Å². The molecule has 0 atom stereocenters. The summed E-state index contributed by atoms with van der Waals surface area (Å²) in [7, 11) is 3.13. The summed E-state index contributed by atoms with van der Waals surface area (Å²) >= 11 is 0. The molecule has 0 bridgehead atoms. The Balaban J connectivity index is 1.62. The summed E-state index contributed by atoms with van der Waals surface area (Å²) in [6, 6.07) is 16.0. The van der Waals surface area contributed by atoms with Crippen molar-refractivity contribution in [3.05, 3.63) is 60.4 Å². The van der Waals surface area contributed by atoms with Crippen LogP contribution in [-0.2, 0) is 4.79 Å². The first-order chi connectivity index (χ1) is 12.1. The van der Waals surface area contributed by atoms with Gasteiger partial charge in [0.15, 0.2) is 5.76 Å². The van der Waals surface area contributed by atoms with Crippen molar-refractivity contribution < 1.29 is 18.7 Å². The smallest absolute Gasteiger partial charge is 0.289 e. The monoisotopic (exact) mass is 338 g/mol. The van der Waals surface area contributed by atoms with E-state index in [-0.39, 0.29) is 24.1 Å².